The maximum Gasteiger partial charge on any atom is 0.392 e. The highest BCUT2D eigenvalue weighted by Gasteiger charge is 2.25. The number of anilines is 1. The number of pyridine rings is 1. The smallest absolute Gasteiger partial charge is 0.306 e. The summed E-state index contributed by atoms with van der Waals surface area (Å²) in [4.78, 5) is 17.6. The van der Waals surface area contributed by atoms with Gasteiger partial charge in [-0.15, -0.1) is 0 Å². The van der Waals surface area contributed by atoms with Crippen LogP contribution in [0.2, 0.25) is 0 Å². The third kappa shape index (κ3) is 4.43. The summed E-state index contributed by atoms with van der Waals surface area (Å²) in [5.74, 6) is -0.518. The molecule has 128 valence electrons. The van der Waals surface area contributed by atoms with Gasteiger partial charge in [0.1, 0.15) is 0 Å². The fourth-order valence-corrected chi connectivity index (χ4v) is 2.17. The van der Waals surface area contributed by atoms with Gasteiger partial charge in [0.05, 0.1) is 35.9 Å². The second kappa shape index (κ2) is 7.29. The minimum absolute atomic E-state index is 0.314. The van der Waals surface area contributed by atoms with Crippen molar-refractivity contribution in [2.24, 2.45) is 0 Å². The standard InChI is InChI=1S/C16H17F3N4O/c1-3-22(15(24)7-4-8-16(17,18)19)14-11-23(21-12(14)2)13-6-5-9-20-10-13/h4-7,9-11H,3,8H2,1-2H3/b7-4+. The van der Waals surface area contributed by atoms with E-state index in [-0.39, 0.29) is 0 Å². The minimum atomic E-state index is -4.32. The summed E-state index contributed by atoms with van der Waals surface area (Å²) < 4.78 is 38.1. The van der Waals surface area contributed by atoms with Gasteiger partial charge in [-0.25, -0.2) is 4.68 Å². The monoisotopic (exact) mass is 338 g/mol. The molecule has 8 heteroatoms. The van der Waals surface area contributed by atoms with Gasteiger partial charge in [-0.3, -0.25) is 9.78 Å². The molecule has 0 saturated heterocycles. The predicted molar refractivity (Wildman–Crippen MR) is 83.9 cm³/mol. The molecule has 0 fully saturated rings. The number of amides is 1. The van der Waals surface area contributed by atoms with Crippen LogP contribution in [0.3, 0.4) is 0 Å². The molecule has 24 heavy (non-hydrogen) atoms. The summed E-state index contributed by atoms with van der Waals surface area (Å²) in [5, 5.41) is 4.33. The molecule has 0 unspecified atom stereocenters. The first kappa shape index (κ1) is 17.7. The largest absolute Gasteiger partial charge is 0.392 e. The topological polar surface area (TPSA) is 51.0 Å². The van der Waals surface area contributed by atoms with Crippen molar-refractivity contribution in [1.29, 1.82) is 0 Å². The third-order valence-electron chi connectivity index (χ3n) is 3.27. The van der Waals surface area contributed by atoms with Gasteiger partial charge in [-0.05, 0) is 32.1 Å². The van der Waals surface area contributed by atoms with Crippen LogP contribution in [0.25, 0.3) is 5.69 Å². The van der Waals surface area contributed by atoms with Crippen LogP contribution in [0, 0.1) is 6.92 Å². The number of likely N-dealkylation sites (N-methyl/N-ethyl adjacent to an activating group) is 1. The molecule has 0 aliphatic heterocycles. The van der Waals surface area contributed by atoms with Crippen molar-refractivity contribution < 1.29 is 18.0 Å². The van der Waals surface area contributed by atoms with Gasteiger partial charge >= 0.3 is 6.18 Å². The highest BCUT2D eigenvalue weighted by atomic mass is 19.4. The highest BCUT2D eigenvalue weighted by Crippen LogP contribution is 2.22. The Morgan fingerprint density at radius 3 is 2.75 bits per heavy atom. The Bertz CT molecular complexity index is 723. The van der Waals surface area contributed by atoms with Crippen LogP contribution >= 0.6 is 0 Å². The van der Waals surface area contributed by atoms with Crippen LogP contribution in [0.15, 0.2) is 42.9 Å². The molecule has 0 bridgehead atoms. The van der Waals surface area contributed by atoms with Gasteiger partial charge in [0.2, 0.25) is 0 Å². The zero-order valence-electron chi connectivity index (χ0n) is 13.3. The zero-order chi connectivity index (χ0) is 17.7. The lowest BCUT2D eigenvalue weighted by Crippen LogP contribution is -2.29. The fraction of sp³-hybridized carbons (Fsp3) is 0.312. The Morgan fingerprint density at radius 1 is 1.42 bits per heavy atom. The average molecular weight is 338 g/mol. The van der Waals surface area contributed by atoms with Gasteiger partial charge in [0, 0.05) is 12.7 Å². The van der Waals surface area contributed by atoms with E-state index < -0.39 is 18.5 Å². The van der Waals surface area contributed by atoms with Gasteiger partial charge in [-0.1, -0.05) is 6.08 Å². The molecule has 0 saturated carbocycles. The Balaban J connectivity index is 2.22. The van der Waals surface area contributed by atoms with E-state index in [2.05, 4.69) is 10.1 Å². The van der Waals surface area contributed by atoms with Crippen LogP contribution in [0.4, 0.5) is 18.9 Å². The number of hydrogen-bond acceptors (Lipinski definition) is 3. The van der Waals surface area contributed by atoms with Crippen LogP contribution in [0.5, 0.6) is 0 Å². The molecule has 0 atom stereocenters. The average Bonchev–Trinajstić information content (AvgIpc) is 2.90. The SMILES string of the molecule is CCN(C(=O)/C=C/CC(F)(F)F)c1cn(-c2cccnc2)nc1C. The van der Waals surface area contributed by atoms with E-state index in [1.807, 2.05) is 6.07 Å². The number of allylic oxidation sites excluding steroid dienone is 1. The van der Waals surface area contributed by atoms with E-state index in [1.54, 1.807) is 43.2 Å². The number of hydrogen-bond donors (Lipinski definition) is 0. The molecule has 0 aliphatic rings. The highest BCUT2D eigenvalue weighted by molar-refractivity contribution is 6.01. The number of aryl methyl sites for hydroxylation is 1. The van der Waals surface area contributed by atoms with E-state index in [1.165, 1.54) is 4.90 Å². The molecule has 2 aromatic rings. The van der Waals surface area contributed by atoms with Gasteiger partial charge in [-0.2, -0.15) is 18.3 Å². The third-order valence-corrected chi connectivity index (χ3v) is 3.27. The van der Waals surface area contributed by atoms with E-state index in [0.717, 1.165) is 17.8 Å². The molecule has 0 aromatic carbocycles. The molecule has 5 nitrogen and oxygen atoms in total. The molecule has 2 rings (SSSR count). The molecule has 2 heterocycles. The summed E-state index contributed by atoms with van der Waals surface area (Å²) in [7, 11) is 0. The Labute approximate surface area is 137 Å². The quantitative estimate of drug-likeness (QED) is 0.785. The van der Waals surface area contributed by atoms with Gasteiger partial charge in [0.15, 0.2) is 0 Å². The van der Waals surface area contributed by atoms with Crippen molar-refractivity contribution in [2.75, 3.05) is 11.4 Å². The van der Waals surface area contributed by atoms with Crippen LogP contribution in [0.1, 0.15) is 19.0 Å². The van der Waals surface area contributed by atoms with Crippen molar-refractivity contribution in [3.8, 4) is 5.69 Å². The Hall–Kier alpha value is -2.64. The van der Waals surface area contributed by atoms with Crippen molar-refractivity contribution in [2.45, 2.75) is 26.4 Å². The lowest BCUT2D eigenvalue weighted by molar-refractivity contribution is -0.125. The summed E-state index contributed by atoms with van der Waals surface area (Å²) in [6, 6.07) is 3.57. The first-order chi connectivity index (χ1) is 11.3. The molecule has 0 N–H and O–H groups in total. The number of carbonyl (C=O) groups excluding carboxylic acids is 1. The van der Waals surface area contributed by atoms with Crippen molar-refractivity contribution in [1.82, 2.24) is 14.8 Å². The van der Waals surface area contributed by atoms with Crippen LogP contribution in [-0.4, -0.2) is 33.4 Å². The molecule has 2 aromatic heterocycles. The normalized spacial score (nSPS) is 11.9. The fourth-order valence-electron chi connectivity index (χ4n) is 2.17. The lowest BCUT2D eigenvalue weighted by Gasteiger charge is -2.18. The zero-order valence-corrected chi connectivity index (χ0v) is 13.3. The molecular formula is C16H17F3N4O. The van der Waals surface area contributed by atoms with Gasteiger partial charge in [0.25, 0.3) is 5.91 Å². The van der Waals surface area contributed by atoms with Crippen molar-refractivity contribution in [3.63, 3.8) is 0 Å². The summed E-state index contributed by atoms with van der Waals surface area (Å²) in [6.45, 7) is 3.79. The number of aromatic nitrogens is 3. The number of alkyl halides is 3. The van der Waals surface area contributed by atoms with Crippen LogP contribution < -0.4 is 4.90 Å². The second-order valence-electron chi connectivity index (χ2n) is 5.06. The minimum Gasteiger partial charge on any atom is -0.306 e. The number of carbonyl (C=O) groups is 1. The summed E-state index contributed by atoms with van der Waals surface area (Å²) in [5.41, 5.74) is 1.87. The Kier molecular flexibility index (Phi) is 5.38. The first-order valence-corrected chi connectivity index (χ1v) is 7.33. The first-order valence-electron chi connectivity index (χ1n) is 7.33. The van der Waals surface area contributed by atoms with E-state index >= 15 is 0 Å². The van der Waals surface area contributed by atoms with Crippen molar-refractivity contribution in [3.05, 3.63) is 48.6 Å². The number of rotatable bonds is 5. The molecule has 1 amide bonds. The maximum absolute atomic E-state index is 12.2. The molecule has 0 aliphatic carbocycles. The number of halogens is 3. The summed E-state index contributed by atoms with van der Waals surface area (Å²) in [6.07, 6.45) is 1.22. The molecule has 0 spiro atoms. The molecular weight excluding hydrogens is 321 g/mol. The van der Waals surface area contributed by atoms with Crippen LogP contribution in [-0.2, 0) is 4.79 Å². The lowest BCUT2D eigenvalue weighted by atomic mass is 10.3. The second-order valence-corrected chi connectivity index (χ2v) is 5.06. The van der Waals surface area contributed by atoms with E-state index in [4.69, 9.17) is 0 Å². The maximum atomic E-state index is 12.2. The van der Waals surface area contributed by atoms with E-state index in [0.29, 0.717) is 17.9 Å². The predicted octanol–water partition coefficient (Wildman–Crippen LogP) is 3.44. The van der Waals surface area contributed by atoms with Crippen molar-refractivity contribution >= 4 is 11.6 Å². The number of nitrogens with zero attached hydrogens (tertiary/aromatic N) is 4. The molecule has 0 radical (unpaired) electrons. The van der Waals surface area contributed by atoms with E-state index in [9.17, 15) is 18.0 Å². The van der Waals surface area contributed by atoms with Gasteiger partial charge < -0.3 is 4.90 Å². The Morgan fingerprint density at radius 2 is 2.17 bits per heavy atom. The summed E-state index contributed by atoms with van der Waals surface area (Å²) >= 11 is 0.